The van der Waals surface area contributed by atoms with Crippen molar-refractivity contribution in [2.45, 2.75) is 18.9 Å². The number of aromatic nitrogens is 7. The molecule has 194 valence electrons. The average molecular weight is 527 g/mol. The van der Waals surface area contributed by atoms with Gasteiger partial charge in [-0.05, 0) is 42.0 Å². The van der Waals surface area contributed by atoms with Crippen LogP contribution in [0.15, 0.2) is 67.4 Å². The van der Waals surface area contributed by atoms with E-state index >= 15 is 4.39 Å². The molecule has 1 aliphatic heterocycles. The fourth-order valence-electron chi connectivity index (χ4n) is 5.16. The number of hydrogen-bond donors (Lipinski definition) is 2. The Labute approximate surface area is 220 Å². The van der Waals surface area contributed by atoms with Gasteiger partial charge in [0.1, 0.15) is 17.0 Å². The largest absolute Gasteiger partial charge is 0.336 e. The number of pyridine rings is 3. The molecular formula is C28H21F3N8. The van der Waals surface area contributed by atoms with Crippen LogP contribution in [0.3, 0.4) is 0 Å². The lowest BCUT2D eigenvalue weighted by Crippen LogP contribution is -2.24. The van der Waals surface area contributed by atoms with Crippen molar-refractivity contribution in [2.75, 3.05) is 13.1 Å². The second kappa shape index (κ2) is 8.98. The first-order chi connectivity index (χ1) is 18.9. The molecule has 0 bridgehead atoms. The lowest BCUT2D eigenvalue weighted by atomic mass is 10.0. The highest BCUT2D eigenvalue weighted by Crippen LogP contribution is 2.35. The van der Waals surface area contributed by atoms with Crippen LogP contribution in [0.1, 0.15) is 12.0 Å². The minimum Gasteiger partial charge on any atom is -0.336 e. The third-order valence-electron chi connectivity index (χ3n) is 7.01. The van der Waals surface area contributed by atoms with E-state index in [2.05, 4.69) is 30.1 Å². The van der Waals surface area contributed by atoms with Crippen molar-refractivity contribution >= 4 is 21.9 Å². The van der Waals surface area contributed by atoms with E-state index in [1.165, 1.54) is 0 Å². The number of rotatable bonds is 5. The minimum atomic E-state index is -2.67. The maximum absolute atomic E-state index is 16.1. The Bertz CT molecular complexity index is 1830. The first-order valence-corrected chi connectivity index (χ1v) is 12.4. The van der Waals surface area contributed by atoms with Gasteiger partial charge in [0.15, 0.2) is 5.82 Å². The average Bonchev–Trinajstić information content (AvgIpc) is 3.65. The summed E-state index contributed by atoms with van der Waals surface area (Å²) in [5, 5.41) is 7.56. The third-order valence-corrected chi connectivity index (χ3v) is 7.01. The molecule has 0 aliphatic carbocycles. The van der Waals surface area contributed by atoms with E-state index in [0.29, 0.717) is 52.5 Å². The van der Waals surface area contributed by atoms with E-state index < -0.39 is 11.7 Å². The molecule has 0 amide bonds. The van der Waals surface area contributed by atoms with Crippen LogP contribution in [-0.4, -0.2) is 59.0 Å². The number of halogens is 3. The highest BCUT2D eigenvalue weighted by Gasteiger charge is 2.38. The predicted molar refractivity (Wildman–Crippen MR) is 140 cm³/mol. The highest BCUT2D eigenvalue weighted by atomic mass is 19.3. The van der Waals surface area contributed by atoms with Gasteiger partial charge in [-0.2, -0.15) is 5.10 Å². The zero-order chi connectivity index (χ0) is 26.6. The van der Waals surface area contributed by atoms with Crippen molar-refractivity contribution in [3.05, 3.63) is 78.8 Å². The monoisotopic (exact) mass is 526 g/mol. The molecule has 1 aromatic carbocycles. The van der Waals surface area contributed by atoms with Gasteiger partial charge in [-0.3, -0.25) is 25.0 Å². The molecular weight excluding hydrogens is 505 g/mol. The quantitative estimate of drug-likeness (QED) is 0.303. The van der Waals surface area contributed by atoms with Gasteiger partial charge in [-0.1, -0.05) is 0 Å². The van der Waals surface area contributed by atoms with Crippen LogP contribution in [0.5, 0.6) is 0 Å². The Balaban J connectivity index is 1.28. The van der Waals surface area contributed by atoms with Gasteiger partial charge in [-0.15, -0.1) is 0 Å². The summed E-state index contributed by atoms with van der Waals surface area (Å²) in [6, 6.07) is 10.7. The number of hydrogen-bond acceptors (Lipinski definition) is 6. The molecule has 11 heteroatoms. The number of nitrogens with one attached hydrogen (secondary N) is 2. The third kappa shape index (κ3) is 4.20. The maximum Gasteiger partial charge on any atom is 0.261 e. The fraction of sp³-hybridized carbons (Fsp3) is 0.179. The summed E-state index contributed by atoms with van der Waals surface area (Å²) < 4.78 is 43.4. The summed E-state index contributed by atoms with van der Waals surface area (Å²) in [5.41, 5.74) is 5.40. The van der Waals surface area contributed by atoms with Gasteiger partial charge >= 0.3 is 0 Å². The van der Waals surface area contributed by atoms with Gasteiger partial charge in [0.05, 0.1) is 28.7 Å². The Morgan fingerprint density at radius 1 is 0.923 bits per heavy atom. The zero-order valence-electron chi connectivity index (χ0n) is 20.5. The number of H-pyrrole nitrogens is 2. The number of benzene rings is 1. The molecule has 5 aromatic heterocycles. The van der Waals surface area contributed by atoms with Crippen LogP contribution in [0.2, 0.25) is 0 Å². The lowest BCUT2D eigenvalue weighted by molar-refractivity contribution is 0.0115. The Hall–Kier alpha value is -4.64. The van der Waals surface area contributed by atoms with Crippen LogP contribution in [0.25, 0.3) is 55.8 Å². The van der Waals surface area contributed by atoms with Gasteiger partial charge in [0.25, 0.3) is 5.92 Å². The molecule has 0 atom stereocenters. The van der Waals surface area contributed by atoms with Gasteiger partial charge in [-0.25, -0.2) is 18.2 Å². The summed E-state index contributed by atoms with van der Waals surface area (Å²) >= 11 is 0. The zero-order valence-corrected chi connectivity index (χ0v) is 20.5. The molecule has 0 spiro atoms. The fourth-order valence-corrected chi connectivity index (χ4v) is 5.16. The van der Waals surface area contributed by atoms with Gasteiger partial charge < -0.3 is 4.98 Å². The number of imidazole rings is 1. The molecule has 0 unspecified atom stereocenters. The van der Waals surface area contributed by atoms with Crippen molar-refractivity contribution in [3.8, 4) is 33.9 Å². The molecule has 0 saturated carbocycles. The van der Waals surface area contributed by atoms with E-state index in [9.17, 15) is 8.78 Å². The first kappa shape index (κ1) is 23.5. The van der Waals surface area contributed by atoms with Gasteiger partial charge in [0, 0.05) is 67.2 Å². The highest BCUT2D eigenvalue weighted by molar-refractivity contribution is 5.98. The molecule has 39 heavy (non-hydrogen) atoms. The molecule has 1 saturated heterocycles. The van der Waals surface area contributed by atoms with E-state index in [0.717, 1.165) is 16.6 Å². The Morgan fingerprint density at radius 3 is 2.62 bits per heavy atom. The summed E-state index contributed by atoms with van der Waals surface area (Å²) in [7, 11) is 0. The molecule has 1 fully saturated rings. The van der Waals surface area contributed by atoms with E-state index in [1.807, 2.05) is 12.1 Å². The number of fused-ring (bicyclic) bond motifs is 2. The smallest absolute Gasteiger partial charge is 0.261 e. The topological polar surface area (TPSA) is 99.3 Å². The van der Waals surface area contributed by atoms with Crippen LogP contribution in [-0.2, 0) is 6.54 Å². The van der Waals surface area contributed by atoms with Crippen molar-refractivity contribution in [1.82, 2.24) is 40.0 Å². The molecule has 7 rings (SSSR count). The molecule has 1 aliphatic rings. The SMILES string of the molecule is Fc1c(-c2cncc(CN3CCC(F)(F)C3)c2)ccc2[nH]nc(-c3nc4c(-c5ccncc5)nccc4[nH]3)c12. The number of alkyl halides is 2. The van der Waals surface area contributed by atoms with Crippen LogP contribution in [0.4, 0.5) is 13.2 Å². The van der Waals surface area contributed by atoms with Crippen LogP contribution < -0.4 is 0 Å². The number of aromatic amines is 2. The minimum absolute atomic E-state index is 0.156. The first-order valence-electron chi connectivity index (χ1n) is 12.4. The number of nitrogens with zero attached hydrogens (tertiary/aromatic N) is 6. The van der Waals surface area contributed by atoms with Gasteiger partial charge in [0.2, 0.25) is 0 Å². The molecule has 0 radical (unpaired) electrons. The second-order valence-electron chi connectivity index (χ2n) is 9.70. The molecule has 2 N–H and O–H groups in total. The standard InChI is InChI=1S/C28H21F3N8/c29-23-19(18-11-16(12-33-13-18)14-39-10-6-28(30,31)15-39)1-2-20-22(23)26(38-37-20)27-35-21-5-9-34-24(25(21)36-27)17-3-7-32-8-4-17/h1-5,7-9,11-13H,6,10,14-15H2,(H,35,36)(H,37,38). The summed E-state index contributed by atoms with van der Waals surface area (Å²) in [5.74, 6) is -2.75. The van der Waals surface area contributed by atoms with Crippen molar-refractivity contribution in [3.63, 3.8) is 0 Å². The van der Waals surface area contributed by atoms with E-state index in [-0.39, 0.29) is 18.4 Å². The van der Waals surface area contributed by atoms with Crippen LogP contribution in [0, 0.1) is 5.82 Å². The normalized spacial score (nSPS) is 15.5. The van der Waals surface area contributed by atoms with E-state index in [1.54, 1.807) is 60.1 Å². The van der Waals surface area contributed by atoms with Crippen molar-refractivity contribution in [2.24, 2.45) is 0 Å². The van der Waals surface area contributed by atoms with E-state index in [4.69, 9.17) is 4.98 Å². The maximum atomic E-state index is 16.1. The molecule has 6 aromatic rings. The molecule has 8 nitrogen and oxygen atoms in total. The lowest BCUT2D eigenvalue weighted by Gasteiger charge is -2.16. The summed E-state index contributed by atoms with van der Waals surface area (Å²) in [4.78, 5) is 22.5. The summed E-state index contributed by atoms with van der Waals surface area (Å²) in [6.45, 7) is 0.349. The summed E-state index contributed by atoms with van der Waals surface area (Å²) in [6.07, 6.45) is 8.10. The van der Waals surface area contributed by atoms with Crippen molar-refractivity contribution < 1.29 is 13.2 Å². The molecule has 6 heterocycles. The Morgan fingerprint density at radius 2 is 1.79 bits per heavy atom. The predicted octanol–water partition coefficient (Wildman–Crippen LogP) is 5.61. The number of likely N-dealkylation sites (tertiary alicyclic amines) is 1. The van der Waals surface area contributed by atoms with Crippen molar-refractivity contribution in [1.29, 1.82) is 0 Å². The second-order valence-corrected chi connectivity index (χ2v) is 9.70. The Kier molecular flexibility index (Phi) is 5.41. The van der Waals surface area contributed by atoms with Crippen LogP contribution >= 0.6 is 0 Å².